The lowest BCUT2D eigenvalue weighted by Crippen LogP contribution is -2.43. The number of ether oxygens (including phenoxy) is 1. The van der Waals surface area contributed by atoms with Gasteiger partial charge in [0.25, 0.3) is 0 Å². The minimum absolute atomic E-state index is 0.0326. The zero-order valence-corrected chi connectivity index (χ0v) is 19.6. The quantitative estimate of drug-likeness (QED) is 0.693. The zero-order chi connectivity index (χ0) is 23.4. The summed E-state index contributed by atoms with van der Waals surface area (Å²) < 4.78 is 46.3. The normalized spacial score (nSPS) is 21.0. The standard InChI is InChI=1S/C24H30FN3O4S/c1-27-15-12-22(13-16-27)32-21-8-6-20(7-9-21)26-24(29)18-3-2-14-28(17-18)33(30,31)23-10-4-19(25)5-11-23/h4-11,18,22H,2-3,12-17H2,1H3,(H,26,29)/t18-/m0/s1. The van der Waals surface area contributed by atoms with Crippen LogP contribution in [0.15, 0.2) is 53.4 Å². The second-order valence-electron chi connectivity index (χ2n) is 8.79. The largest absolute Gasteiger partial charge is 0.490 e. The van der Waals surface area contributed by atoms with E-state index in [1.165, 1.54) is 16.4 Å². The Morgan fingerprint density at radius 2 is 1.67 bits per heavy atom. The monoisotopic (exact) mass is 475 g/mol. The van der Waals surface area contributed by atoms with E-state index in [0.29, 0.717) is 25.1 Å². The van der Waals surface area contributed by atoms with Gasteiger partial charge in [0.2, 0.25) is 15.9 Å². The van der Waals surface area contributed by atoms with E-state index >= 15 is 0 Å². The molecule has 0 unspecified atom stereocenters. The molecular formula is C24H30FN3O4S. The van der Waals surface area contributed by atoms with Crippen molar-refractivity contribution in [2.24, 2.45) is 5.92 Å². The molecule has 7 nitrogen and oxygen atoms in total. The molecule has 9 heteroatoms. The number of hydrogen-bond donors (Lipinski definition) is 1. The predicted molar refractivity (Wildman–Crippen MR) is 124 cm³/mol. The van der Waals surface area contributed by atoms with Crippen molar-refractivity contribution in [1.29, 1.82) is 0 Å². The number of amides is 1. The van der Waals surface area contributed by atoms with Gasteiger partial charge in [-0.25, -0.2) is 12.8 Å². The molecule has 1 amide bonds. The van der Waals surface area contributed by atoms with Crippen molar-refractivity contribution in [1.82, 2.24) is 9.21 Å². The van der Waals surface area contributed by atoms with Crippen molar-refractivity contribution in [2.45, 2.75) is 36.7 Å². The van der Waals surface area contributed by atoms with Crippen LogP contribution in [0.3, 0.4) is 0 Å². The molecule has 0 radical (unpaired) electrons. The summed E-state index contributed by atoms with van der Waals surface area (Å²) in [5.41, 5.74) is 0.647. The fourth-order valence-electron chi connectivity index (χ4n) is 4.29. The summed E-state index contributed by atoms with van der Waals surface area (Å²) in [6.07, 6.45) is 3.39. The molecule has 2 aliphatic heterocycles. The van der Waals surface area contributed by atoms with E-state index in [4.69, 9.17) is 4.74 Å². The van der Waals surface area contributed by atoms with Crippen molar-refractivity contribution in [3.8, 4) is 5.75 Å². The van der Waals surface area contributed by atoms with Gasteiger partial charge in [0.15, 0.2) is 0 Å². The first-order valence-electron chi connectivity index (χ1n) is 11.3. The van der Waals surface area contributed by atoms with E-state index in [9.17, 15) is 17.6 Å². The third kappa shape index (κ3) is 5.90. The van der Waals surface area contributed by atoms with E-state index in [0.717, 1.165) is 43.8 Å². The van der Waals surface area contributed by atoms with E-state index < -0.39 is 21.8 Å². The molecule has 178 valence electrons. The molecule has 2 saturated heterocycles. The minimum atomic E-state index is -3.77. The van der Waals surface area contributed by atoms with Crippen LogP contribution in [0.25, 0.3) is 0 Å². The zero-order valence-electron chi connectivity index (χ0n) is 18.7. The van der Waals surface area contributed by atoms with Gasteiger partial charge < -0.3 is 15.0 Å². The first kappa shape index (κ1) is 23.7. The molecule has 0 spiro atoms. The molecule has 0 aromatic heterocycles. The van der Waals surface area contributed by atoms with Crippen molar-refractivity contribution in [2.75, 3.05) is 38.5 Å². The SMILES string of the molecule is CN1CCC(Oc2ccc(NC(=O)[C@H]3CCCN(S(=O)(=O)c4ccc(F)cc4)C3)cc2)CC1. The molecular weight excluding hydrogens is 445 g/mol. The van der Waals surface area contributed by atoms with Crippen molar-refractivity contribution in [3.63, 3.8) is 0 Å². The molecule has 1 N–H and O–H groups in total. The molecule has 2 aromatic carbocycles. The number of benzene rings is 2. The highest BCUT2D eigenvalue weighted by atomic mass is 32.2. The lowest BCUT2D eigenvalue weighted by Gasteiger charge is -2.31. The average Bonchev–Trinajstić information content (AvgIpc) is 2.82. The Bertz CT molecular complexity index is 1050. The van der Waals surface area contributed by atoms with Crippen LogP contribution in [0.4, 0.5) is 10.1 Å². The van der Waals surface area contributed by atoms with Crippen LogP contribution in [0, 0.1) is 11.7 Å². The summed E-state index contributed by atoms with van der Waals surface area (Å²) in [6, 6.07) is 12.1. The lowest BCUT2D eigenvalue weighted by atomic mass is 9.98. The Hall–Kier alpha value is -2.49. The number of carbonyl (C=O) groups is 1. The van der Waals surface area contributed by atoms with Crippen LogP contribution in [-0.4, -0.2) is 62.9 Å². The average molecular weight is 476 g/mol. The van der Waals surface area contributed by atoms with E-state index in [1.54, 1.807) is 12.1 Å². The number of likely N-dealkylation sites (tertiary alicyclic amines) is 1. The summed E-state index contributed by atoms with van der Waals surface area (Å²) in [6.45, 7) is 2.48. The molecule has 2 aromatic rings. The highest BCUT2D eigenvalue weighted by Gasteiger charge is 2.33. The number of piperidine rings is 2. The summed E-state index contributed by atoms with van der Waals surface area (Å²) >= 11 is 0. The molecule has 0 aliphatic carbocycles. The molecule has 0 bridgehead atoms. The van der Waals surface area contributed by atoms with Gasteiger partial charge in [-0.05, 0) is 81.3 Å². The second kappa shape index (κ2) is 10.2. The van der Waals surface area contributed by atoms with Gasteiger partial charge in [0.1, 0.15) is 17.7 Å². The van der Waals surface area contributed by atoms with Gasteiger partial charge in [0.05, 0.1) is 10.8 Å². The predicted octanol–water partition coefficient (Wildman–Crippen LogP) is 3.34. The van der Waals surface area contributed by atoms with Crippen LogP contribution in [0.2, 0.25) is 0 Å². The van der Waals surface area contributed by atoms with Crippen LogP contribution in [0.1, 0.15) is 25.7 Å². The number of anilines is 1. The maximum absolute atomic E-state index is 13.2. The van der Waals surface area contributed by atoms with Crippen LogP contribution >= 0.6 is 0 Å². The third-order valence-corrected chi connectivity index (χ3v) is 8.18. The number of nitrogens with zero attached hydrogens (tertiary/aromatic N) is 2. The molecule has 2 fully saturated rings. The number of sulfonamides is 1. The second-order valence-corrected chi connectivity index (χ2v) is 10.7. The highest BCUT2D eigenvalue weighted by Crippen LogP contribution is 2.26. The van der Waals surface area contributed by atoms with Crippen LogP contribution in [-0.2, 0) is 14.8 Å². The van der Waals surface area contributed by atoms with Crippen molar-refractivity contribution in [3.05, 3.63) is 54.3 Å². The molecule has 2 aliphatic rings. The number of rotatable bonds is 6. The lowest BCUT2D eigenvalue weighted by molar-refractivity contribution is -0.120. The van der Waals surface area contributed by atoms with Crippen molar-refractivity contribution < 1.29 is 22.3 Å². The Morgan fingerprint density at radius 3 is 2.33 bits per heavy atom. The first-order chi connectivity index (χ1) is 15.8. The van der Waals surface area contributed by atoms with E-state index in [-0.39, 0.29) is 23.5 Å². The van der Waals surface area contributed by atoms with Gasteiger partial charge in [0, 0.05) is 31.9 Å². The van der Waals surface area contributed by atoms with Gasteiger partial charge >= 0.3 is 0 Å². The Balaban J connectivity index is 1.34. The van der Waals surface area contributed by atoms with Crippen LogP contribution in [0.5, 0.6) is 5.75 Å². The minimum Gasteiger partial charge on any atom is -0.490 e. The summed E-state index contributed by atoms with van der Waals surface area (Å²) in [5, 5.41) is 2.90. The van der Waals surface area contributed by atoms with Crippen LogP contribution < -0.4 is 10.1 Å². The van der Waals surface area contributed by atoms with Gasteiger partial charge in [-0.2, -0.15) is 4.31 Å². The van der Waals surface area contributed by atoms with E-state index in [1.807, 2.05) is 12.1 Å². The Labute approximate surface area is 194 Å². The topological polar surface area (TPSA) is 79.0 Å². The molecule has 1 atom stereocenters. The molecule has 0 saturated carbocycles. The summed E-state index contributed by atoms with van der Waals surface area (Å²) in [7, 11) is -1.67. The summed E-state index contributed by atoms with van der Waals surface area (Å²) in [4.78, 5) is 15.2. The van der Waals surface area contributed by atoms with Gasteiger partial charge in [-0.3, -0.25) is 4.79 Å². The Morgan fingerprint density at radius 1 is 1.00 bits per heavy atom. The number of carbonyl (C=O) groups excluding carboxylic acids is 1. The fourth-order valence-corrected chi connectivity index (χ4v) is 5.81. The molecule has 2 heterocycles. The van der Waals surface area contributed by atoms with E-state index in [2.05, 4.69) is 17.3 Å². The van der Waals surface area contributed by atoms with Gasteiger partial charge in [-0.1, -0.05) is 0 Å². The number of hydrogen-bond acceptors (Lipinski definition) is 5. The summed E-state index contributed by atoms with van der Waals surface area (Å²) in [5.74, 6) is -0.383. The third-order valence-electron chi connectivity index (χ3n) is 6.30. The highest BCUT2D eigenvalue weighted by molar-refractivity contribution is 7.89. The fraction of sp³-hybridized carbons (Fsp3) is 0.458. The Kier molecular flexibility index (Phi) is 7.31. The van der Waals surface area contributed by atoms with Gasteiger partial charge in [-0.15, -0.1) is 0 Å². The van der Waals surface area contributed by atoms with Crippen molar-refractivity contribution >= 4 is 21.6 Å². The number of nitrogens with one attached hydrogen (secondary N) is 1. The molecule has 33 heavy (non-hydrogen) atoms. The maximum Gasteiger partial charge on any atom is 0.243 e. The maximum atomic E-state index is 13.2. The smallest absolute Gasteiger partial charge is 0.243 e. The first-order valence-corrected chi connectivity index (χ1v) is 12.8. The number of halogens is 1. The molecule has 4 rings (SSSR count).